The van der Waals surface area contributed by atoms with Crippen molar-refractivity contribution < 1.29 is 28.6 Å². The summed E-state index contributed by atoms with van der Waals surface area (Å²) in [4.78, 5) is 37.6. The Labute approximate surface area is 348 Å². The average molecular weight is 793 g/mol. The number of carbonyl (C=O) groups excluding carboxylic acids is 3. The third-order valence-electron chi connectivity index (χ3n) is 11.6. The Balaban J connectivity index is 4.14. The molecule has 0 aliphatic rings. The van der Waals surface area contributed by atoms with Gasteiger partial charge in [0.05, 0.1) is 0 Å². The molecule has 332 valence electrons. The van der Waals surface area contributed by atoms with Gasteiger partial charge < -0.3 is 14.2 Å². The van der Waals surface area contributed by atoms with E-state index in [-0.39, 0.29) is 31.1 Å². The fourth-order valence-electron chi connectivity index (χ4n) is 7.43. The van der Waals surface area contributed by atoms with Gasteiger partial charge in [0.15, 0.2) is 6.10 Å². The molecule has 0 aromatic heterocycles. The zero-order valence-corrected chi connectivity index (χ0v) is 38.3. The second-order valence-electron chi connectivity index (χ2n) is 17.8. The van der Waals surface area contributed by atoms with Gasteiger partial charge >= 0.3 is 17.9 Å². The van der Waals surface area contributed by atoms with E-state index in [1.165, 1.54) is 161 Å². The molecule has 0 aromatic rings. The van der Waals surface area contributed by atoms with E-state index in [0.717, 1.165) is 69.6 Å². The second-order valence-corrected chi connectivity index (χ2v) is 17.8. The van der Waals surface area contributed by atoms with Crippen LogP contribution >= 0.6 is 0 Å². The molecule has 2 atom stereocenters. The normalized spacial score (nSPS) is 12.5. The molecule has 0 spiro atoms. The van der Waals surface area contributed by atoms with Crippen LogP contribution in [0.5, 0.6) is 0 Å². The zero-order valence-electron chi connectivity index (χ0n) is 38.3. The Morgan fingerprint density at radius 1 is 0.375 bits per heavy atom. The van der Waals surface area contributed by atoms with Crippen molar-refractivity contribution in [1.29, 1.82) is 0 Å². The van der Waals surface area contributed by atoms with E-state index < -0.39 is 6.10 Å². The molecule has 0 rings (SSSR count). The summed E-state index contributed by atoms with van der Waals surface area (Å²) in [5.74, 6) is 0.811. The van der Waals surface area contributed by atoms with Gasteiger partial charge in [0.25, 0.3) is 0 Å². The van der Waals surface area contributed by atoms with E-state index in [9.17, 15) is 14.4 Å². The van der Waals surface area contributed by atoms with Gasteiger partial charge in [-0.2, -0.15) is 0 Å². The van der Waals surface area contributed by atoms with Crippen LogP contribution in [-0.2, 0) is 28.6 Å². The van der Waals surface area contributed by atoms with E-state index in [4.69, 9.17) is 14.2 Å². The molecule has 0 bridgehead atoms. The first-order valence-electron chi connectivity index (χ1n) is 24.8. The maximum Gasteiger partial charge on any atom is 0.306 e. The molecule has 6 nitrogen and oxygen atoms in total. The smallest absolute Gasteiger partial charge is 0.306 e. The maximum atomic E-state index is 12.7. The van der Waals surface area contributed by atoms with Crippen molar-refractivity contribution in [2.75, 3.05) is 13.2 Å². The summed E-state index contributed by atoms with van der Waals surface area (Å²) in [5.41, 5.74) is 0. The minimum atomic E-state index is -0.760. The summed E-state index contributed by atoms with van der Waals surface area (Å²) < 4.78 is 16.7. The Bertz CT molecular complexity index is 856. The van der Waals surface area contributed by atoms with Crippen molar-refractivity contribution in [3.05, 3.63) is 0 Å². The fraction of sp³-hybridized carbons (Fsp3) is 0.940. The molecule has 0 heterocycles. The lowest BCUT2D eigenvalue weighted by molar-refractivity contribution is -0.167. The van der Waals surface area contributed by atoms with Crippen molar-refractivity contribution in [3.63, 3.8) is 0 Å². The Hall–Kier alpha value is -1.59. The van der Waals surface area contributed by atoms with Crippen molar-refractivity contribution in [1.82, 2.24) is 0 Å². The summed E-state index contributed by atoms with van der Waals surface area (Å²) in [7, 11) is 0. The summed E-state index contributed by atoms with van der Waals surface area (Å²) in [6.07, 6.45) is 42.5. The van der Waals surface area contributed by atoms with Crippen LogP contribution in [0.1, 0.15) is 272 Å². The first-order valence-corrected chi connectivity index (χ1v) is 24.8. The van der Waals surface area contributed by atoms with Crippen LogP contribution in [0.25, 0.3) is 0 Å². The summed E-state index contributed by atoms with van der Waals surface area (Å²) in [6, 6.07) is 0. The molecule has 0 radical (unpaired) electrons. The molecular formula is C50H96O6. The minimum absolute atomic E-state index is 0.0657. The molecule has 1 unspecified atom stereocenters. The van der Waals surface area contributed by atoms with Gasteiger partial charge in [0.1, 0.15) is 13.2 Å². The summed E-state index contributed by atoms with van der Waals surface area (Å²) >= 11 is 0. The molecule has 0 aliphatic carbocycles. The molecule has 0 aromatic carbocycles. The molecule has 0 N–H and O–H groups in total. The molecule has 0 saturated heterocycles. The molecular weight excluding hydrogens is 697 g/mol. The highest BCUT2D eigenvalue weighted by Crippen LogP contribution is 2.17. The second kappa shape index (κ2) is 43.0. The van der Waals surface area contributed by atoms with Gasteiger partial charge in [0, 0.05) is 19.3 Å². The largest absolute Gasteiger partial charge is 0.462 e. The number of esters is 3. The summed E-state index contributed by atoms with van der Waals surface area (Å²) in [5, 5.41) is 0. The van der Waals surface area contributed by atoms with E-state index in [1.54, 1.807) is 0 Å². The topological polar surface area (TPSA) is 78.9 Å². The predicted molar refractivity (Wildman–Crippen MR) is 238 cm³/mol. The van der Waals surface area contributed by atoms with Crippen LogP contribution < -0.4 is 0 Å². The number of hydrogen-bond acceptors (Lipinski definition) is 6. The van der Waals surface area contributed by atoms with Crippen molar-refractivity contribution >= 4 is 17.9 Å². The van der Waals surface area contributed by atoms with Gasteiger partial charge in [-0.25, -0.2) is 0 Å². The molecule has 0 fully saturated rings. The lowest BCUT2D eigenvalue weighted by atomic mass is 10.00. The third kappa shape index (κ3) is 42.0. The molecule has 0 aliphatic heterocycles. The Morgan fingerprint density at radius 2 is 0.679 bits per heavy atom. The molecule has 6 heteroatoms. The molecule has 0 amide bonds. The number of unbranched alkanes of at least 4 members (excludes halogenated alkanes) is 28. The van der Waals surface area contributed by atoms with Crippen LogP contribution in [0.3, 0.4) is 0 Å². The van der Waals surface area contributed by atoms with E-state index >= 15 is 0 Å². The third-order valence-corrected chi connectivity index (χ3v) is 11.6. The molecule has 56 heavy (non-hydrogen) atoms. The quantitative estimate of drug-likeness (QED) is 0.0347. The predicted octanol–water partition coefficient (Wildman–Crippen LogP) is 15.8. The van der Waals surface area contributed by atoms with Crippen LogP contribution in [-0.4, -0.2) is 37.2 Å². The van der Waals surface area contributed by atoms with Crippen LogP contribution in [0.4, 0.5) is 0 Å². The van der Waals surface area contributed by atoms with Crippen molar-refractivity contribution in [2.45, 2.75) is 278 Å². The zero-order chi connectivity index (χ0) is 41.2. The van der Waals surface area contributed by atoms with Crippen LogP contribution in [0.15, 0.2) is 0 Å². The van der Waals surface area contributed by atoms with Crippen LogP contribution in [0.2, 0.25) is 0 Å². The fourth-order valence-corrected chi connectivity index (χ4v) is 7.43. The monoisotopic (exact) mass is 793 g/mol. The minimum Gasteiger partial charge on any atom is -0.462 e. The van der Waals surface area contributed by atoms with Gasteiger partial charge in [-0.15, -0.1) is 0 Å². The SMILES string of the molecule is CCCCCCCCCC(=O)OC[C@@H](COC(=O)CCCCCCCCC(C)CC)OC(=O)CCCCCCCCCCCCCCCCCCCCC(C)C. The Kier molecular flexibility index (Phi) is 41.8. The standard InChI is InChI=1S/C50H96O6/c1-6-8-9-10-23-30-35-40-48(51)54-43-47(44-55-49(52)41-36-31-27-26-29-34-39-46(5)7-2)56-50(53)42-37-32-25-22-20-18-16-14-12-11-13-15-17-19-21-24-28-33-38-45(3)4/h45-47H,6-44H2,1-5H3/t46?,47-/m0/s1. The average Bonchev–Trinajstić information content (AvgIpc) is 3.18. The van der Waals surface area contributed by atoms with Crippen molar-refractivity contribution in [3.8, 4) is 0 Å². The summed E-state index contributed by atoms with van der Waals surface area (Å²) in [6.45, 7) is 11.3. The maximum absolute atomic E-state index is 12.7. The lowest BCUT2D eigenvalue weighted by Gasteiger charge is -2.18. The van der Waals surface area contributed by atoms with E-state index in [2.05, 4.69) is 34.6 Å². The first kappa shape index (κ1) is 54.4. The van der Waals surface area contributed by atoms with Gasteiger partial charge in [-0.3, -0.25) is 14.4 Å². The Morgan fingerprint density at radius 3 is 1.02 bits per heavy atom. The molecule has 0 saturated carbocycles. The number of ether oxygens (including phenoxy) is 3. The number of rotatable bonds is 44. The van der Waals surface area contributed by atoms with Gasteiger partial charge in [0.2, 0.25) is 0 Å². The number of carbonyl (C=O) groups is 3. The highest BCUT2D eigenvalue weighted by molar-refractivity contribution is 5.71. The van der Waals surface area contributed by atoms with Gasteiger partial charge in [-0.05, 0) is 31.1 Å². The van der Waals surface area contributed by atoms with Crippen LogP contribution in [0, 0.1) is 11.8 Å². The van der Waals surface area contributed by atoms with E-state index in [1.807, 2.05) is 0 Å². The van der Waals surface area contributed by atoms with E-state index in [0.29, 0.717) is 19.3 Å². The highest BCUT2D eigenvalue weighted by atomic mass is 16.6. The number of hydrogen-bond donors (Lipinski definition) is 0. The van der Waals surface area contributed by atoms with Gasteiger partial charge in [-0.1, -0.05) is 234 Å². The van der Waals surface area contributed by atoms with Crippen molar-refractivity contribution in [2.24, 2.45) is 11.8 Å². The highest BCUT2D eigenvalue weighted by Gasteiger charge is 2.19. The lowest BCUT2D eigenvalue weighted by Crippen LogP contribution is -2.30. The first-order chi connectivity index (χ1) is 27.3.